The normalized spacial score (nSPS) is 20.2. The fourth-order valence-corrected chi connectivity index (χ4v) is 5.32. The van der Waals surface area contributed by atoms with Crippen molar-refractivity contribution in [3.63, 3.8) is 0 Å². The predicted molar refractivity (Wildman–Crippen MR) is 127 cm³/mol. The number of piperidine rings is 1. The number of hydrogen-bond acceptors (Lipinski definition) is 6. The SMILES string of the molecule is COC(=O)[C@@H]1CC(=O)N(OCc2ccc3ccccc3c2)C12CCN(Cc1ccccn1)CC2. The van der Waals surface area contributed by atoms with Gasteiger partial charge in [0.05, 0.1) is 24.3 Å². The number of hydroxylamine groups is 2. The van der Waals surface area contributed by atoms with Gasteiger partial charge in [-0.15, -0.1) is 0 Å². The van der Waals surface area contributed by atoms with Crippen LogP contribution in [0.15, 0.2) is 66.9 Å². The zero-order valence-corrected chi connectivity index (χ0v) is 19.4. The number of rotatable bonds is 6. The maximum atomic E-state index is 13.1. The van der Waals surface area contributed by atoms with Crippen molar-refractivity contribution in [2.24, 2.45) is 5.92 Å². The molecule has 0 radical (unpaired) electrons. The topological polar surface area (TPSA) is 72.0 Å². The van der Waals surface area contributed by atoms with Crippen LogP contribution in [0.1, 0.15) is 30.5 Å². The first-order valence-corrected chi connectivity index (χ1v) is 11.7. The average molecular weight is 460 g/mol. The molecule has 0 unspecified atom stereocenters. The van der Waals surface area contributed by atoms with Crippen LogP contribution in [0.25, 0.3) is 10.8 Å². The van der Waals surface area contributed by atoms with Crippen LogP contribution in [-0.2, 0) is 32.3 Å². The minimum atomic E-state index is -0.693. The minimum Gasteiger partial charge on any atom is -0.469 e. The van der Waals surface area contributed by atoms with Gasteiger partial charge in [0, 0.05) is 32.3 Å². The summed E-state index contributed by atoms with van der Waals surface area (Å²) >= 11 is 0. The van der Waals surface area contributed by atoms with E-state index in [2.05, 4.69) is 34.1 Å². The van der Waals surface area contributed by atoms with Crippen molar-refractivity contribution in [1.29, 1.82) is 0 Å². The monoisotopic (exact) mass is 459 g/mol. The van der Waals surface area contributed by atoms with Crippen LogP contribution >= 0.6 is 0 Å². The van der Waals surface area contributed by atoms with Crippen molar-refractivity contribution in [3.8, 4) is 0 Å². The Bertz CT molecular complexity index is 1170. The second kappa shape index (κ2) is 9.52. The lowest BCUT2D eigenvalue weighted by atomic mass is 9.77. The molecule has 5 rings (SSSR count). The summed E-state index contributed by atoms with van der Waals surface area (Å²) in [4.78, 5) is 38.6. The van der Waals surface area contributed by atoms with Crippen molar-refractivity contribution in [2.45, 2.75) is 38.0 Å². The quantitative estimate of drug-likeness (QED) is 0.523. The van der Waals surface area contributed by atoms with E-state index in [-0.39, 0.29) is 24.9 Å². The van der Waals surface area contributed by atoms with Crippen molar-refractivity contribution < 1.29 is 19.2 Å². The van der Waals surface area contributed by atoms with Crippen LogP contribution in [0, 0.1) is 5.92 Å². The van der Waals surface area contributed by atoms with E-state index in [0.29, 0.717) is 12.8 Å². The van der Waals surface area contributed by atoms with Gasteiger partial charge in [-0.25, -0.2) is 5.06 Å². The first-order chi connectivity index (χ1) is 16.6. The lowest BCUT2D eigenvalue weighted by Crippen LogP contribution is -2.57. The molecule has 7 heteroatoms. The van der Waals surface area contributed by atoms with Gasteiger partial charge in [0.2, 0.25) is 5.91 Å². The van der Waals surface area contributed by atoms with Gasteiger partial charge in [-0.1, -0.05) is 42.5 Å². The minimum absolute atomic E-state index is 0.116. The predicted octanol–water partition coefficient (Wildman–Crippen LogP) is 3.72. The highest BCUT2D eigenvalue weighted by Crippen LogP contribution is 2.44. The van der Waals surface area contributed by atoms with E-state index in [4.69, 9.17) is 9.57 Å². The van der Waals surface area contributed by atoms with Gasteiger partial charge in [-0.2, -0.15) is 0 Å². The number of ether oxygens (including phenoxy) is 1. The van der Waals surface area contributed by atoms with Crippen LogP contribution in [-0.4, -0.2) is 52.6 Å². The molecule has 3 aromatic rings. The van der Waals surface area contributed by atoms with E-state index < -0.39 is 11.5 Å². The van der Waals surface area contributed by atoms with Gasteiger partial charge >= 0.3 is 5.97 Å². The van der Waals surface area contributed by atoms with Gasteiger partial charge in [0.15, 0.2) is 0 Å². The number of hydrogen-bond donors (Lipinski definition) is 0. The summed E-state index contributed by atoms with van der Waals surface area (Å²) in [5.41, 5.74) is 1.30. The third-order valence-electron chi connectivity index (χ3n) is 7.15. The number of fused-ring (bicyclic) bond motifs is 1. The molecule has 34 heavy (non-hydrogen) atoms. The Balaban J connectivity index is 1.33. The Morgan fingerprint density at radius 1 is 1.06 bits per heavy atom. The summed E-state index contributed by atoms with van der Waals surface area (Å²) in [6.45, 7) is 2.50. The summed E-state index contributed by atoms with van der Waals surface area (Å²) < 4.78 is 5.09. The standard InChI is InChI=1S/C27H29N3O4/c1-33-26(32)24-17-25(31)30(34-19-20-9-10-21-6-2-3-7-22(21)16-20)27(24)11-14-29(15-12-27)18-23-8-4-5-13-28-23/h2-10,13,16,24H,11-12,14-15,17-19H2,1H3/t24-/m0/s1. The Labute approximate surface area is 199 Å². The van der Waals surface area contributed by atoms with E-state index in [1.165, 1.54) is 12.2 Å². The first kappa shape index (κ1) is 22.5. The Morgan fingerprint density at radius 3 is 2.56 bits per heavy atom. The van der Waals surface area contributed by atoms with Gasteiger partial charge < -0.3 is 4.74 Å². The molecule has 2 fully saturated rings. The van der Waals surface area contributed by atoms with Crippen LogP contribution in [0.4, 0.5) is 0 Å². The maximum Gasteiger partial charge on any atom is 0.311 e. The van der Waals surface area contributed by atoms with E-state index in [0.717, 1.165) is 41.7 Å². The summed E-state index contributed by atoms with van der Waals surface area (Å²) in [6.07, 6.45) is 3.20. The van der Waals surface area contributed by atoms with Crippen molar-refractivity contribution >= 4 is 22.6 Å². The maximum absolute atomic E-state index is 13.1. The van der Waals surface area contributed by atoms with E-state index in [1.54, 1.807) is 6.20 Å². The molecule has 3 heterocycles. The number of carbonyl (C=O) groups excluding carboxylic acids is 2. The molecule has 176 valence electrons. The third-order valence-corrected chi connectivity index (χ3v) is 7.15. The Kier molecular flexibility index (Phi) is 6.30. The molecule has 2 saturated heterocycles. The van der Waals surface area contributed by atoms with Crippen LogP contribution in [0.2, 0.25) is 0 Å². The molecule has 1 spiro atoms. The Hall–Kier alpha value is -3.29. The van der Waals surface area contributed by atoms with Gasteiger partial charge in [0.25, 0.3) is 0 Å². The number of amides is 1. The zero-order valence-electron chi connectivity index (χ0n) is 19.4. The molecule has 0 saturated carbocycles. The molecule has 1 aromatic heterocycles. The number of pyridine rings is 1. The fourth-order valence-electron chi connectivity index (χ4n) is 5.32. The molecular weight excluding hydrogens is 430 g/mol. The molecule has 0 N–H and O–H groups in total. The molecular formula is C27H29N3O4. The molecule has 0 aliphatic carbocycles. The van der Waals surface area contributed by atoms with Crippen LogP contribution in [0.5, 0.6) is 0 Å². The highest BCUT2D eigenvalue weighted by Gasteiger charge is 2.58. The van der Waals surface area contributed by atoms with Gasteiger partial charge in [-0.05, 0) is 47.4 Å². The number of carbonyl (C=O) groups is 2. The largest absolute Gasteiger partial charge is 0.469 e. The molecule has 2 aliphatic rings. The van der Waals surface area contributed by atoms with E-state index in [1.807, 2.05) is 36.4 Å². The second-order valence-electron chi connectivity index (χ2n) is 9.12. The number of nitrogens with zero attached hydrogens (tertiary/aromatic N) is 3. The lowest BCUT2D eigenvalue weighted by Gasteiger charge is -2.45. The number of likely N-dealkylation sites (tertiary alicyclic amines) is 1. The number of methoxy groups -OCH3 is 1. The van der Waals surface area contributed by atoms with E-state index in [9.17, 15) is 9.59 Å². The summed E-state index contributed by atoms with van der Waals surface area (Å²) in [5, 5.41) is 3.79. The average Bonchev–Trinajstić information content (AvgIpc) is 3.14. The smallest absolute Gasteiger partial charge is 0.311 e. The van der Waals surface area contributed by atoms with Gasteiger partial charge in [0.1, 0.15) is 6.61 Å². The summed E-state index contributed by atoms with van der Waals surface area (Å²) in [6, 6.07) is 20.2. The number of benzene rings is 2. The molecule has 2 aromatic carbocycles. The van der Waals surface area contributed by atoms with Gasteiger partial charge in [-0.3, -0.25) is 24.3 Å². The molecule has 1 atom stereocenters. The van der Waals surface area contributed by atoms with Crippen molar-refractivity contribution in [2.75, 3.05) is 20.2 Å². The second-order valence-corrected chi connectivity index (χ2v) is 9.12. The van der Waals surface area contributed by atoms with Crippen molar-refractivity contribution in [3.05, 3.63) is 78.1 Å². The highest BCUT2D eigenvalue weighted by atomic mass is 16.7. The van der Waals surface area contributed by atoms with Crippen LogP contribution in [0.3, 0.4) is 0 Å². The van der Waals surface area contributed by atoms with E-state index >= 15 is 0 Å². The van der Waals surface area contributed by atoms with Crippen LogP contribution < -0.4 is 0 Å². The highest BCUT2D eigenvalue weighted by molar-refractivity contribution is 5.88. The first-order valence-electron chi connectivity index (χ1n) is 11.7. The van der Waals surface area contributed by atoms with Crippen molar-refractivity contribution in [1.82, 2.24) is 14.9 Å². The lowest BCUT2D eigenvalue weighted by molar-refractivity contribution is -0.229. The molecule has 1 amide bonds. The molecule has 2 aliphatic heterocycles. The third kappa shape index (κ3) is 4.29. The summed E-state index contributed by atoms with van der Waals surface area (Å²) in [7, 11) is 1.38. The molecule has 0 bridgehead atoms. The zero-order chi connectivity index (χ0) is 23.5. The molecule has 7 nitrogen and oxygen atoms in total. The fraction of sp³-hybridized carbons (Fsp3) is 0.370. The number of esters is 1. The Morgan fingerprint density at radius 2 is 1.82 bits per heavy atom. The summed E-state index contributed by atoms with van der Waals surface area (Å²) in [5.74, 6) is -1.03. The number of aromatic nitrogens is 1.